The maximum Gasteiger partial charge on any atom is 0.149 e. The molecule has 0 fully saturated rings. The molecule has 0 aliphatic heterocycles. The van der Waals surface area contributed by atoms with Crippen LogP contribution in [0.1, 0.15) is 30.0 Å². The van der Waals surface area contributed by atoms with E-state index in [-0.39, 0.29) is 11.9 Å². The van der Waals surface area contributed by atoms with Gasteiger partial charge in [0.15, 0.2) is 0 Å². The lowest BCUT2D eigenvalue weighted by Crippen LogP contribution is -2.09. The summed E-state index contributed by atoms with van der Waals surface area (Å²) in [4.78, 5) is 4.10. The number of aromatic nitrogens is 2. The van der Waals surface area contributed by atoms with Crippen molar-refractivity contribution in [1.82, 2.24) is 10.1 Å². The normalized spacial score (nSPS) is 12.6. The molecule has 4 nitrogen and oxygen atoms in total. The molecule has 0 aliphatic carbocycles. The van der Waals surface area contributed by atoms with Crippen molar-refractivity contribution in [1.29, 1.82) is 0 Å². The molecule has 1 N–H and O–H groups in total. The molecule has 0 aliphatic rings. The van der Waals surface area contributed by atoms with Gasteiger partial charge >= 0.3 is 0 Å². The Kier molecular flexibility index (Phi) is 3.33. The molecule has 0 radical (unpaired) electrons. The minimum Gasteiger partial charge on any atom is -0.378 e. The van der Waals surface area contributed by atoms with Crippen LogP contribution in [0, 0.1) is 19.7 Å². The molecule has 1 atom stereocenters. The Balaban J connectivity index is 2.01. The number of rotatable bonds is 3. The van der Waals surface area contributed by atoms with Crippen LogP contribution >= 0.6 is 0 Å². The first kappa shape index (κ1) is 13.5. The largest absolute Gasteiger partial charge is 0.378 e. The standard InChI is InChI=1S/C16H16FN3O/c1-9(15-10(2)20-21-11(15)3)19-14-7-8-18-16-12(14)5-4-6-13(16)17/h4-9H,1-3H3,(H,18,19)/t9-/m0/s1. The van der Waals surface area contributed by atoms with Gasteiger partial charge in [-0.3, -0.25) is 4.98 Å². The Morgan fingerprint density at radius 1 is 1.24 bits per heavy atom. The number of nitrogens with zero attached hydrogens (tertiary/aromatic N) is 2. The van der Waals surface area contributed by atoms with Gasteiger partial charge in [0.25, 0.3) is 0 Å². The monoisotopic (exact) mass is 285 g/mol. The second-order valence-corrected chi connectivity index (χ2v) is 5.10. The minimum absolute atomic E-state index is 0.00474. The molecule has 5 heteroatoms. The van der Waals surface area contributed by atoms with E-state index >= 15 is 0 Å². The highest BCUT2D eigenvalue weighted by molar-refractivity contribution is 5.91. The van der Waals surface area contributed by atoms with Gasteiger partial charge in [-0.1, -0.05) is 17.3 Å². The van der Waals surface area contributed by atoms with Gasteiger partial charge in [-0.05, 0) is 32.9 Å². The molecule has 0 unspecified atom stereocenters. The Bertz CT molecular complexity index is 778. The first-order chi connectivity index (χ1) is 10.1. The predicted octanol–water partition coefficient (Wildman–Crippen LogP) is 4.15. The number of hydrogen-bond acceptors (Lipinski definition) is 4. The van der Waals surface area contributed by atoms with Gasteiger partial charge in [0, 0.05) is 22.8 Å². The highest BCUT2D eigenvalue weighted by atomic mass is 19.1. The van der Waals surface area contributed by atoms with Crippen molar-refractivity contribution in [3.63, 3.8) is 0 Å². The van der Waals surface area contributed by atoms with Crippen LogP contribution in [0.3, 0.4) is 0 Å². The molecule has 0 saturated carbocycles. The molecule has 0 spiro atoms. The average Bonchev–Trinajstić information content (AvgIpc) is 2.79. The van der Waals surface area contributed by atoms with Crippen molar-refractivity contribution in [2.75, 3.05) is 5.32 Å². The summed E-state index contributed by atoms with van der Waals surface area (Å²) >= 11 is 0. The van der Waals surface area contributed by atoms with E-state index in [0.29, 0.717) is 5.52 Å². The molecule has 0 bridgehead atoms. The van der Waals surface area contributed by atoms with Gasteiger partial charge in [-0.25, -0.2) is 4.39 Å². The van der Waals surface area contributed by atoms with Crippen LogP contribution in [-0.4, -0.2) is 10.1 Å². The van der Waals surface area contributed by atoms with Crippen LogP contribution < -0.4 is 5.32 Å². The summed E-state index contributed by atoms with van der Waals surface area (Å²) in [6.45, 7) is 5.82. The molecule has 0 amide bonds. The van der Waals surface area contributed by atoms with E-state index in [2.05, 4.69) is 15.5 Å². The van der Waals surface area contributed by atoms with Crippen LogP contribution in [-0.2, 0) is 0 Å². The summed E-state index contributed by atoms with van der Waals surface area (Å²) in [6.07, 6.45) is 1.60. The second-order valence-electron chi connectivity index (χ2n) is 5.10. The summed E-state index contributed by atoms with van der Waals surface area (Å²) in [6, 6.07) is 6.80. The first-order valence-electron chi connectivity index (χ1n) is 6.80. The summed E-state index contributed by atoms with van der Waals surface area (Å²) in [5, 5.41) is 8.12. The molecule has 2 heterocycles. The van der Waals surface area contributed by atoms with Crippen LogP contribution in [0.5, 0.6) is 0 Å². The molecule has 0 saturated heterocycles. The molecule has 108 valence electrons. The number of fused-ring (bicyclic) bond motifs is 1. The van der Waals surface area contributed by atoms with Gasteiger partial charge in [-0.15, -0.1) is 0 Å². The van der Waals surface area contributed by atoms with Crippen LogP contribution in [0.4, 0.5) is 10.1 Å². The van der Waals surface area contributed by atoms with Gasteiger partial charge in [-0.2, -0.15) is 0 Å². The van der Waals surface area contributed by atoms with Gasteiger partial charge in [0.05, 0.1) is 11.7 Å². The number of aryl methyl sites for hydroxylation is 2. The van der Waals surface area contributed by atoms with E-state index in [9.17, 15) is 4.39 Å². The van der Waals surface area contributed by atoms with E-state index in [4.69, 9.17) is 4.52 Å². The Morgan fingerprint density at radius 2 is 2.05 bits per heavy atom. The number of nitrogens with one attached hydrogen (secondary N) is 1. The quantitative estimate of drug-likeness (QED) is 0.785. The van der Waals surface area contributed by atoms with E-state index in [0.717, 1.165) is 28.1 Å². The fraction of sp³-hybridized carbons (Fsp3) is 0.250. The third kappa shape index (κ3) is 2.35. The van der Waals surface area contributed by atoms with E-state index in [1.807, 2.05) is 32.9 Å². The summed E-state index contributed by atoms with van der Waals surface area (Å²) in [5.41, 5.74) is 3.09. The zero-order chi connectivity index (χ0) is 15.0. The molecule has 3 rings (SSSR count). The zero-order valence-electron chi connectivity index (χ0n) is 12.1. The summed E-state index contributed by atoms with van der Waals surface area (Å²) < 4.78 is 19.0. The van der Waals surface area contributed by atoms with Crippen LogP contribution in [0.2, 0.25) is 0 Å². The summed E-state index contributed by atoms with van der Waals surface area (Å²) in [5.74, 6) is 0.471. The Hall–Kier alpha value is -2.43. The number of para-hydroxylation sites is 1. The van der Waals surface area contributed by atoms with Gasteiger partial charge < -0.3 is 9.84 Å². The van der Waals surface area contributed by atoms with Crippen LogP contribution in [0.25, 0.3) is 10.9 Å². The summed E-state index contributed by atoms with van der Waals surface area (Å²) in [7, 11) is 0. The second kappa shape index (κ2) is 5.16. The SMILES string of the molecule is Cc1noc(C)c1[C@H](C)Nc1ccnc2c(F)cccc12. The third-order valence-electron chi connectivity index (χ3n) is 3.62. The van der Waals surface area contributed by atoms with Crippen molar-refractivity contribution in [2.45, 2.75) is 26.8 Å². The van der Waals surface area contributed by atoms with E-state index in [1.165, 1.54) is 6.07 Å². The third-order valence-corrected chi connectivity index (χ3v) is 3.62. The fourth-order valence-electron chi connectivity index (χ4n) is 2.68. The average molecular weight is 285 g/mol. The lowest BCUT2D eigenvalue weighted by molar-refractivity contribution is 0.392. The minimum atomic E-state index is -0.318. The van der Waals surface area contributed by atoms with Crippen molar-refractivity contribution in [2.24, 2.45) is 0 Å². The van der Waals surface area contributed by atoms with Crippen molar-refractivity contribution in [3.05, 3.63) is 53.3 Å². The van der Waals surface area contributed by atoms with E-state index in [1.54, 1.807) is 12.3 Å². The van der Waals surface area contributed by atoms with Crippen molar-refractivity contribution < 1.29 is 8.91 Å². The maximum absolute atomic E-state index is 13.8. The number of benzene rings is 1. The number of halogens is 1. The molecule has 1 aromatic carbocycles. The first-order valence-corrected chi connectivity index (χ1v) is 6.80. The zero-order valence-corrected chi connectivity index (χ0v) is 12.1. The Labute approximate surface area is 122 Å². The topological polar surface area (TPSA) is 51.0 Å². The smallest absolute Gasteiger partial charge is 0.149 e. The molecular formula is C16H16FN3O. The molecule has 2 aromatic heterocycles. The van der Waals surface area contributed by atoms with Gasteiger partial charge in [0.1, 0.15) is 17.1 Å². The predicted molar refractivity (Wildman–Crippen MR) is 79.7 cm³/mol. The highest BCUT2D eigenvalue weighted by Gasteiger charge is 2.17. The lowest BCUT2D eigenvalue weighted by atomic mass is 10.1. The number of hydrogen-bond donors (Lipinski definition) is 1. The number of pyridine rings is 1. The molecule has 3 aromatic rings. The lowest BCUT2D eigenvalue weighted by Gasteiger charge is -2.16. The van der Waals surface area contributed by atoms with E-state index < -0.39 is 0 Å². The Morgan fingerprint density at radius 3 is 2.76 bits per heavy atom. The fourth-order valence-corrected chi connectivity index (χ4v) is 2.68. The van der Waals surface area contributed by atoms with Crippen molar-refractivity contribution >= 4 is 16.6 Å². The maximum atomic E-state index is 13.8. The number of anilines is 1. The van der Waals surface area contributed by atoms with Crippen LogP contribution in [0.15, 0.2) is 35.0 Å². The van der Waals surface area contributed by atoms with Crippen molar-refractivity contribution in [3.8, 4) is 0 Å². The molecule has 21 heavy (non-hydrogen) atoms. The van der Waals surface area contributed by atoms with Gasteiger partial charge in [0.2, 0.25) is 0 Å². The highest BCUT2D eigenvalue weighted by Crippen LogP contribution is 2.29. The molecular weight excluding hydrogens is 269 g/mol.